The van der Waals surface area contributed by atoms with E-state index in [1.54, 1.807) is 0 Å². The predicted octanol–water partition coefficient (Wildman–Crippen LogP) is -1.80. The number of phosphoric acid groups is 5. The Kier molecular flexibility index (Phi) is 9.60. The molecule has 8 unspecified atom stereocenters. The highest BCUT2D eigenvalue weighted by Crippen LogP contribution is 2.67. The van der Waals surface area contributed by atoms with Gasteiger partial charge >= 0.3 is 47.1 Å². The van der Waals surface area contributed by atoms with Crippen LogP contribution in [0.15, 0.2) is 0 Å². The third-order valence-corrected chi connectivity index (χ3v) is 8.63. The summed E-state index contributed by atoms with van der Waals surface area (Å²) in [5, 5.41) is 0. The minimum absolute atomic E-state index is 0.553. The largest absolute Gasteiger partial charge is 0.481 e. The first kappa shape index (κ1) is 32.1. The first-order valence-electron chi connectivity index (χ1n) is 8.23. The van der Waals surface area contributed by atoms with Crippen molar-refractivity contribution in [2.24, 2.45) is 0 Å². The molecule has 28 heteroatoms. The van der Waals surface area contributed by atoms with E-state index in [0.717, 1.165) is 0 Å². The molecule has 1 aliphatic carbocycles. The summed E-state index contributed by atoms with van der Waals surface area (Å²) < 4.78 is 89.3. The Labute approximate surface area is 194 Å². The van der Waals surface area contributed by atoms with Crippen LogP contribution in [0.1, 0.15) is 0 Å². The molecule has 2 fully saturated rings. The molecule has 8 atom stereocenters. The van der Waals surface area contributed by atoms with Gasteiger partial charge in [0.05, 0.1) is 0 Å². The van der Waals surface area contributed by atoms with Crippen molar-refractivity contribution in [3.63, 3.8) is 0 Å². The van der Waals surface area contributed by atoms with Gasteiger partial charge in [-0.3, -0.25) is 22.6 Å². The van der Waals surface area contributed by atoms with E-state index in [2.05, 4.69) is 26.9 Å². The molecule has 1 aliphatic heterocycles. The lowest BCUT2D eigenvalue weighted by Gasteiger charge is -2.46. The molecule has 0 amide bonds. The van der Waals surface area contributed by atoms with Gasteiger partial charge in [0, 0.05) is 0 Å². The molecule has 2 aliphatic rings. The van der Waals surface area contributed by atoms with Gasteiger partial charge in [-0.1, -0.05) is 0 Å². The van der Waals surface area contributed by atoms with Crippen LogP contribution in [-0.2, 0) is 54.3 Å². The summed E-state index contributed by atoms with van der Waals surface area (Å²) in [7, 11) is -33.6. The zero-order valence-electron chi connectivity index (χ0n) is 16.5. The summed E-state index contributed by atoms with van der Waals surface area (Å²) in [5.41, 5.74) is 0. The third-order valence-electron chi connectivity index (χ3n) is 3.76. The van der Waals surface area contributed by atoms with Gasteiger partial charge in [-0.2, -0.15) is 18.6 Å². The first-order valence-corrected chi connectivity index (χ1v) is 17.9. The predicted molar refractivity (Wildman–Crippen MR) is 103 cm³/mol. The van der Waals surface area contributed by atoms with E-state index < -0.39 is 83.7 Å². The van der Waals surface area contributed by atoms with Gasteiger partial charge in [-0.15, -0.1) is 0 Å². The lowest BCUT2D eigenvalue weighted by atomic mass is 9.85. The Balaban J connectivity index is 2.83. The minimum Gasteiger partial charge on any atom is -0.303 e. The zero-order valence-corrected chi connectivity index (χ0v) is 21.9. The Morgan fingerprint density at radius 2 is 1.00 bits per heavy atom. The Hall–Kier alpha value is 0.900. The van der Waals surface area contributed by atoms with Crippen LogP contribution >= 0.6 is 47.1 Å². The molecule has 0 aromatic rings. The van der Waals surface area contributed by atoms with Crippen molar-refractivity contribution in [3.8, 4) is 0 Å². The molecular formula is C7H19O22P6+. The fourth-order valence-electron chi connectivity index (χ4n) is 3.02. The average molecular weight is 641 g/mol. The van der Waals surface area contributed by atoms with Crippen LogP contribution in [0.3, 0.4) is 0 Å². The normalized spacial score (nSPS) is 39.6. The van der Waals surface area contributed by atoms with Gasteiger partial charge in [-0.05, 0) is 0 Å². The van der Waals surface area contributed by atoms with E-state index >= 15 is 0 Å². The highest BCUT2D eigenvalue weighted by atomic mass is 31.3. The fraction of sp³-hybridized carbons (Fsp3) is 1.00. The van der Waals surface area contributed by atoms with Crippen LogP contribution in [0.25, 0.3) is 0 Å². The van der Waals surface area contributed by atoms with E-state index in [1.165, 1.54) is 0 Å². The second-order valence-corrected chi connectivity index (χ2v) is 15.2. The molecule has 1 heterocycles. The van der Waals surface area contributed by atoms with Gasteiger partial charge in [0.2, 0.25) is 0 Å². The molecule has 2 rings (SSSR count). The average Bonchev–Trinajstić information content (AvgIpc) is 2.61. The number of fused-ring (bicyclic) bond motifs is 1. The molecular weight excluding hydrogens is 622 g/mol. The van der Waals surface area contributed by atoms with Crippen LogP contribution in [0, 0.1) is 0 Å². The number of rotatable bonds is 8. The van der Waals surface area contributed by atoms with Crippen LogP contribution in [0.4, 0.5) is 0 Å². The summed E-state index contributed by atoms with van der Waals surface area (Å²) >= 11 is 0. The molecule has 35 heavy (non-hydrogen) atoms. The maximum Gasteiger partial charge on any atom is 0.481 e. The van der Waals surface area contributed by atoms with Crippen LogP contribution in [0.2, 0.25) is 0 Å². The molecule has 10 N–H and O–H groups in total. The van der Waals surface area contributed by atoms with E-state index in [9.17, 15) is 71.8 Å². The molecule has 208 valence electrons. The van der Waals surface area contributed by atoms with Crippen molar-refractivity contribution in [1.82, 2.24) is 0 Å². The van der Waals surface area contributed by atoms with Crippen LogP contribution in [-0.4, -0.2) is 92.2 Å². The van der Waals surface area contributed by atoms with Gasteiger partial charge in [0.15, 0.2) is 6.10 Å². The number of hydrogen-bond donors (Lipinski definition) is 10. The van der Waals surface area contributed by atoms with Crippen LogP contribution < -0.4 is 0 Å². The molecule has 0 bridgehead atoms. The molecule has 22 nitrogen and oxygen atoms in total. The third kappa shape index (κ3) is 10.2. The highest BCUT2D eigenvalue weighted by Gasteiger charge is 2.66. The van der Waals surface area contributed by atoms with E-state index in [4.69, 9.17) is 4.52 Å². The van der Waals surface area contributed by atoms with E-state index in [-0.39, 0.29) is 0 Å². The summed E-state index contributed by atoms with van der Waals surface area (Å²) in [6.45, 7) is 0.553. The van der Waals surface area contributed by atoms with Gasteiger partial charge in [-0.25, -0.2) is 22.8 Å². The first-order chi connectivity index (χ1) is 15.3. The Bertz CT molecular complexity index is 1020. The van der Waals surface area contributed by atoms with Crippen LogP contribution in [0.5, 0.6) is 0 Å². The van der Waals surface area contributed by atoms with Gasteiger partial charge in [0.25, 0.3) is 0 Å². The summed E-state index contributed by atoms with van der Waals surface area (Å²) in [6.07, 6.45) is -16.3. The Morgan fingerprint density at radius 3 is 1.34 bits per heavy atom. The topological polar surface area (TPSA) is 352 Å². The maximum absolute atomic E-state index is 12.1. The lowest BCUT2D eigenvalue weighted by Crippen LogP contribution is -2.66. The Morgan fingerprint density at radius 1 is 0.686 bits per heavy atom. The molecule has 1 saturated carbocycles. The summed E-state index contributed by atoms with van der Waals surface area (Å²) in [5.74, 6) is 0. The second-order valence-electron chi connectivity index (χ2n) is 6.75. The molecule has 1 saturated heterocycles. The molecule has 0 aromatic heterocycles. The molecule has 0 spiro atoms. The van der Waals surface area contributed by atoms with E-state index in [1.807, 2.05) is 0 Å². The fourth-order valence-corrected chi connectivity index (χ4v) is 7.84. The smallest absolute Gasteiger partial charge is 0.303 e. The molecule has 0 radical (unpaired) electrons. The SMILES string of the molecule is C[P+](O)(O)OC1C(OP(=O)(O)O)C(OP(=O)(O)O)C(OP(=O)(O)O)C2OP(=O)(O)OP(=O)(O)OC21. The van der Waals surface area contributed by atoms with Crippen molar-refractivity contribution in [2.75, 3.05) is 6.66 Å². The molecule has 0 aromatic carbocycles. The summed E-state index contributed by atoms with van der Waals surface area (Å²) in [6, 6.07) is 0. The second kappa shape index (κ2) is 10.5. The standard InChI is InChI=1S/C7H18O22P6/c1-30(8,9)23-2-3(24-31(10,11)12)4(25-32(13,14)15)5(26-33(16,17)18)7-6(2)27-34(19,20)29-35(21,22)28-7/h2-9H,1H3,(H7-,10,11,12,13,14,15,16,17,18,19,20,21,22)/p+1. The van der Waals surface area contributed by atoms with Gasteiger partial charge in [0.1, 0.15) is 37.2 Å². The van der Waals surface area contributed by atoms with E-state index in [0.29, 0.717) is 6.66 Å². The van der Waals surface area contributed by atoms with Crippen molar-refractivity contribution in [2.45, 2.75) is 36.6 Å². The summed E-state index contributed by atoms with van der Waals surface area (Å²) in [4.78, 5) is 94.3. The number of hydrogen-bond acceptors (Lipinski definition) is 14. The van der Waals surface area contributed by atoms with Crippen molar-refractivity contribution < 1.29 is 103 Å². The lowest BCUT2D eigenvalue weighted by molar-refractivity contribution is -0.196. The highest BCUT2D eigenvalue weighted by molar-refractivity contribution is 7.61. The van der Waals surface area contributed by atoms with Crippen molar-refractivity contribution in [3.05, 3.63) is 0 Å². The quantitative estimate of drug-likeness (QED) is 0.131. The maximum atomic E-state index is 12.1. The van der Waals surface area contributed by atoms with Crippen molar-refractivity contribution >= 4 is 47.1 Å². The number of phosphoric ester groups is 5. The van der Waals surface area contributed by atoms with Crippen molar-refractivity contribution in [1.29, 1.82) is 0 Å². The minimum atomic E-state index is -5.83. The monoisotopic (exact) mass is 641 g/mol. The van der Waals surface area contributed by atoms with Gasteiger partial charge < -0.3 is 39.1 Å². The zero-order chi connectivity index (χ0) is 27.4.